The Morgan fingerprint density at radius 3 is 2.29 bits per heavy atom. The lowest BCUT2D eigenvalue weighted by Gasteiger charge is -2.26. The number of halogens is 1. The molecule has 0 amide bonds. The molecule has 2 aliphatic rings. The van der Waals surface area contributed by atoms with Crippen molar-refractivity contribution in [1.29, 1.82) is 0 Å². The van der Waals surface area contributed by atoms with Crippen LogP contribution >= 0.6 is 11.3 Å². The Kier molecular flexibility index (Phi) is 6.73. The van der Waals surface area contributed by atoms with Gasteiger partial charge >= 0.3 is 0 Å². The summed E-state index contributed by atoms with van der Waals surface area (Å²) in [6.07, 6.45) is 4.17. The minimum atomic E-state index is -3.55. The minimum Gasteiger partial charge on any atom is -0.379 e. The molecule has 1 aliphatic carbocycles. The fourth-order valence-corrected chi connectivity index (χ4v) is 6.31. The van der Waals surface area contributed by atoms with Crippen LogP contribution in [0.5, 0.6) is 0 Å². The van der Waals surface area contributed by atoms with Crippen molar-refractivity contribution >= 4 is 32.8 Å². The molecule has 0 N–H and O–H groups in total. The van der Waals surface area contributed by atoms with Gasteiger partial charge in [-0.05, 0) is 74.2 Å². The van der Waals surface area contributed by atoms with E-state index in [4.69, 9.17) is 14.8 Å². The number of thiazole rings is 1. The molecule has 2 heterocycles. The summed E-state index contributed by atoms with van der Waals surface area (Å²) in [6.45, 7) is 1.53. The van der Waals surface area contributed by atoms with Gasteiger partial charge in [-0.25, -0.2) is 22.5 Å². The van der Waals surface area contributed by atoms with Crippen molar-refractivity contribution in [2.75, 3.05) is 26.3 Å². The van der Waals surface area contributed by atoms with Crippen LogP contribution in [0.25, 0.3) is 11.3 Å². The van der Waals surface area contributed by atoms with E-state index in [-0.39, 0.29) is 10.7 Å². The third-order valence-electron chi connectivity index (χ3n) is 5.92. The summed E-state index contributed by atoms with van der Waals surface area (Å²) in [5, 5.41) is 6.83. The molecule has 10 heteroatoms. The van der Waals surface area contributed by atoms with Crippen molar-refractivity contribution in [2.45, 2.75) is 30.6 Å². The molecule has 2 fully saturated rings. The van der Waals surface area contributed by atoms with Crippen molar-refractivity contribution in [3.05, 3.63) is 64.5 Å². The van der Waals surface area contributed by atoms with Crippen LogP contribution in [0.1, 0.15) is 25.7 Å². The van der Waals surface area contributed by atoms with E-state index in [9.17, 15) is 12.8 Å². The van der Waals surface area contributed by atoms with Gasteiger partial charge < -0.3 is 4.74 Å². The molecule has 1 saturated carbocycles. The maximum Gasteiger partial charge on any atom is 0.243 e. The standard InChI is InChI=1S/C24H25FN4O3S2/c25-19-7-5-18(6-8-19)23-17-33-24(29(23)27-21-3-1-2-4-21)26-20-9-11-22(12-10-20)34(30,31)28-13-15-32-16-14-28/h5-12,17H,1-4,13-16H2. The number of rotatable bonds is 5. The van der Waals surface area contributed by atoms with Gasteiger partial charge in [0.05, 0.1) is 29.5 Å². The van der Waals surface area contributed by atoms with E-state index in [0.29, 0.717) is 36.8 Å². The number of aromatic nitrogens is 1. The second-order valence-corrected chi connectivity index (χ2v) is 11.0. The molecular weight excluding hydrogens is 475 g/mol. The summed E-state index contributed by atoms with van der Waals surface area (Å²) in [5.41, 5.74) is 3.45. The normalized spacial score (nSPS) is 17.9. The third kappa shape index (κ3) is 4.90. The summed E-state index contributed by atoms with van der Waals surface area (Å²) >= 11 is 1.44. The minimum absolute atomic E-state index is 0.241. The molecule has 178 valence electrons. The highest BCUT2D eigenvalue weighted by Crippen LogP contribution is 2.24. The fourth-order valence-electron chi connectivity index (χ4n) is 4.06. The first-order chi connectivity index (χ1) is 16.5. The topological polar surface area (TPSA) is 76.3 Å². The average molecular weight is 501 g/mol. The Labute approximate surface area is 201 Å². The summed E-state index contributed by atoms with van der Waals surface area (Å²) < 4.78 is 47.7. The zero-order chi connectivity index (χ0) is 23.5. The van der Waals surface area contributed by atoms with Crippen LogP contribution in [-0.4, -0.2) is 49.4 Å². The van der Waals surface area contributed by atoms with Gasteiger partial charge in [0.2, 0.25) is 14.8 Å². The second-order valence-electron chi connectivity index (χ2n) is 8.22. The molecule has 2 aromatic carbocycles. The first-order valence-electron chi connectivity index (χ1n) is 11.3. The van der Waals surface area contributed by atoms with Gasteiger partial charge in [-0.2, -0.15) is 9.41 Å². The lowest BCUT2D eigenvalue weighted by molar-refractivity contribution is 0.0730. The van der Waals surface area contributed by atoms with Gasteiger partial charge in [-0.15, -0.1) is 11.3 Å². The average Bonchev–Trinajstić information content (AvgIpc) is 3.51. The first kappa shape index (κ1) is 23.1. The summed E-state index contributed by atoms with van der Waals surface area (Å²) in [4.78, 5) is 5.66. The van der Waals surface area contributed by atoms with Crippen molar-refractivity contribution in [2.24, 2.45) is 10.1 Å². The molecule has 1 aromatic heterocycles. The maximum absolute atomic E-state index is 13.5. The molecule has 34 heavy (non-hydrogen) atoms. The van der Waals surface area contributed by atoms with E-state index in [1.54, 1.807) is 36.4 Å². The molecule has 3 aromatic rings. The van der Waals surface area contributed by atoms with Gasteiger partial charge in [0.15, 0.2) is 0 Å². The molecular formula is C24H25FN4O3S2. The highest BCUT2D eigenvalue weighted by molar-refractivity contribution is 7.89. The number of sulfonamides is 1. The van der Waals surface area contributed by atoms with Crippen LogP contribution in [0, 0.1) is 5.82 Å². The lowest BCUT2D eigenvalue weighted by atomic mass is 10.2. The highest BCUT2D eigenvalue weighted by Gasteiger charge is 2.26. The van der Waals surface area contributed by atoms with Gasteiger partial charge in [0.1, 0.15) is 5.82 Å². The quantitative estimate of drug-likeness (QED) is 0.522. The van der Waals surface area contributed by atoms with Crippen LogP contribution in [0.4, 0.5) is 10.1 Å². The van der Waals surface area contributed by atoms with E-state index >= 15 is 0 Å². The van der Waals surface area contributed by atoms with Crippen LogP contribution in [-0.2, 0) is 14.8 Å². The Morgan fingerprint density at radius 1 is 0.941 bits per heavy atom. The molecule has 0 unspecified atom stereocenters. The largest absolute Gasteiger partial charge is 0.379 e. The van der Waals surface area contributed by atoms with E-state index < -0.39 is 10.0 Å². The van der Waals surface area contributed by atoms with Gasteiger partial charge in [-0.1, -0.05) is 0 Å². The summed E-state index contributed by atoms with van der Waals surface area (Å²) in [5.74, 6) is -0.287. The van der Waals surface area contributed by atoms with Gasteiger partial charge in [-0.3, -0.25) is 0 Å². The Hall–Kier alpha value is -2.66. The second kappa shape index (κ2) is 9.91. The number of hydrogen-bond acceptors (Lipinski definition) is 6. The number of benzene rings is 2. The molecule has 1 aliphatic heterocycles. The molecule has 7 nitrogen and oxygen atoms in total. The molecule has 5 rings (SSSR count). The van der Waals surface area contributed by atoms with Crippen LogP contribution in [0.2, 0.25) is 0 Å². The summed E-state index contributed by atoms with van der Waals surface area (Å²) in [6, 6.07) is 12.9. The van der Waals surface area contributed by atoms with Crippen molar-refractivity contribution in [3.63, 3.8) is 0 Å². The van der Waals surface area contributed by atoms with Crippen LogP contribution in [0.15, 0.2) is 68.9 Å². The maximum atomic E-state index is 13.5. The number of hydrogen-bond donors (Lipinski definition) is 0. The smallest absolute Gasteiger partial charge is 0.243 e. The van der Waals surface area contributed by atoms with E-state index in [0.717, 1.165) is 42.7 Å². The lowest BCUT2D eigenvalue weighted by Crippen LogP contribution is -2.40. The highest BCUT2D eigenvalue weighted by atomic mass is 32.2. The zero-order valence-electron chi connectivity index (χ0n) is 18.6. The predicted octanol–water partition coefficient (Wildman–Crippen LogP) is 4.39. The van der Waals surface area contributed by atoms with E-state index in [1.165, 1.54) is 27.8 Å². The van der Waals surface area contributed by atoms with Crippen LogP contribution in [0.3, 0.4) is 0 Å². The van der Waals surface area contributed by atoms with E-state index in [2.05, 4.69) is 0 Å². The van der Waals surface area contributed by atoms with Crippen molar-refractivity contribution < 1.29 is 17.5 Å². The molecule has 1 saturated heterocycles. The Bertz CT molecular complexity index is 1350. The molecule has 0 radical (unpaired) electrons. The Balaban J connectivity index is 1.50. The molecule has 0 bridgehead atoms. The number of morpholine rings is 1. The van der Waals surface area contributed by atoms with Crippen molar-refractivity contribution in [1.82, 2.24) is 8.98 Å². The predicted molar refractivity (Wildman–Crippen MR) is 130 cm³/mol. The monoisotopic (exact) mass is 500 g/mol. The van der Waals surface area contributed by atoms with Gasteiger partial charge in [0.25, 0.3) is 0 Å². The SMILES string of the molecule is O=S(=O)(c1ccc(N=c2scc(-c3ccc(F)cc3)n2N=C2CCCC2)cc1)N1CCOCC1. The zero-order valence-corrected chi connectivity index (χ0v) is 20.2. The Morgan fingerprint density at radius 2 is 1.62 bits per heavy atom. The fraction of sp³-hybridized carbons (Fsp3) is 0.333. The summed E-state index contributed by atoms with van der Waals surface area (Å²) in [7, 11) is -3.55. The third-order valence-corrected chi connectivity index (χ3v) is 8.65. The van der Waals surface area contributed by atoms with Crippen LogP contribution < -0.4 is 4.80 Å². The van der Waals surface area contributed by atoms with E-state index in [1.807, 2.05) is 10.1 Å². The molecule has 0 atom stereocenters. The molecule has 0 spiro atoms. The first-order valence-corrected chi connectivity index (χ1v) is 13.6. The van der Waals surface area contributed by atoms with Crippen molar-refractivity contribution in [3.8, 4) is 11.3 Å². The van der Waals surface area contributed by atoms with Gasteiger partial charge in [0, 0.05) is 29.7 Å². The number of ether oxygens (including phenoxy) is 1. The number of nitrogens with zero attached hydrogens (tertiary/aromatic N) is 4.